The number of nitrogens with one attached hydrogen (secondary N) is 2. The van der Waals surface area contributed by atoms with Gasteiger partial charge in [-0.3, -0.25) is 4.79 Å². The van der Waals surface area contributed by atoms with E-state index in [2.05, 4.69) is 10.6 Å². The van der Waals surface area contributed by atoms with E-state index in [9.17, 15) is 4.79 Å². The van der Waals surface area contributed by atoms with Gasteiger partial charge in [0.05, 0.1) is 11.6 Å². The van der Waals surface area contributed by atoms with Crippen molar-refractivity contribution >= 4 is 17.3 Å². The second-order valence-electron chi connectivity index (χ2n) is 4.83. The summed E-state index contributed by atoms with van der Waals surface area (Å²) in [4.78, 5) is 14.1. The van der Waals surface area contributed by atoms with Gasteiger partial charge >= 0.3 is 0 Å². The maximum atomic E-state index is 12.3. The average molecular weight is 259 g/mol. The number of benzene rings is 1. The maximum absolute atomic E-state index is 12.3. The molecule has 2 N–H and O–H groups in total. The van der Waals surface area contributed by atoms with E-state index in [-0.39, 0.29) is 11.8 Å². The van der Waals surface area contributed by atoms with Crippen molar-refractivity contribution in [3.05, 3.63) is 30.7 Å². The average Bonchev–Trinajstić information content (AvgIpc) is 2.99. The summed E-state index contributed by atoms with van der Waals surface area (Å²) >= 11 is 0. The predicted octanol–water partition coefficient (Wildman–Crippen LogP) is 1.53. The van der Waals surface area contributed by atoms with Gasteiger partial charge in [0, 0.05) is 25.5 Å². The second kappa shape index (κ2) is 4.93. The SMILES string of the molecule is CN(C(=O)C1CCNC1)c1ccc2c(c1)NC=CO2. The highest BCUT2D eigenvalue weighted by Crippen LogP contribution is 2.32. The van der Waals surface area contributed by atoms with Crippen LogP contribution < -0.4 is 20.3 Å². The molecule has 5 nitrogen and oxygen atoms in total. The van der Waals surface area contributed by atoms with Crippen molar-refractivity contribution in [1.29, 1.82) is 0 Å². The molecule has 1 unspecified atom stereocenters. The minimum atomic E-state index is 0.0881. The van der Waals surface area contributed by atoms with Crippen molar-refractivity contribution in [2.24, 2.45) is 5.92 Å². The maximum Gasteiger partial charge on any atom is 0.231 e. The van der Waals surface area contributed by atoms with Crippen LogP contribution in [0, 0.1) is 5.92 Å². The number of carbonyl (C=O) groups excluding carboxylic acids is 1. The molecule has 100 valence electrons. The van der Waals surface area contributed by atoms with E-state index in [1.807, 2.05) is 25.2 Å². The first-order chi connectivity index (χ1) is 9.25. The number of hydrogen-bond donors (Lipinski definition) is 2. The van der Waals surface area contributed by atoms with Crippen LogP contribution in [0.5, 0.6) is 5.75 Å². The molecule has 1 aromatic carbocycles. The van der Waals surface area contributed by atoms with E-state index in [0.717, 1.165) is 36.6 Å². The summed E-state index contributed by atoms with van der Waals surface area (Å²) in [6.45, 7) is 1.70. The summed E-state index contributed by atoms with van der Waals surface area (Å²) in [6.07, 6.45) is 4.24. The molecule has 0 radical (unpaired) electrons. The summed E-state index contributed by atoms with van der Waals surface area (Å²) in [5.74, 6) is 1.02. The number of nitrogens with zero attached hydrogens (tertiary/aromatic N) is 1. The van der Waals surface area contributed by atoms with Gasteiger partial charge < -0.3 is 20.3 Å². The first-order valence-corrected chi connectivity index (χ1v) is 6.46. The molecule has 0 spiro atoms. The van der Waals surface area contributed by atoms with E-state index in [1.54, 1.807) is 17.4 Å². The minimum Gasteiger partial charge on any atom is -0.461 e. The zero-order valence-corrected chi connectivity index (χ0v) is 10.8. The zero-order chi connectivity index (χ0) is 13.2. The molecule has 0 aliphatic carbocycles. The number of carbonyl (C=O) groups is 1. The van der Waals surface area contributed by atoms with Crippen molar-refractivity contribution in [1.82, 2.24) is 5.32 Å². The van der Waals surface area contributed by atoms with Gasteiger partial charge in [-0.15, -0.1) is 0 Å². The molecule has 1 saturated heterocycles. The van der Waals surface area contributed by atoms with Crippen LogP contribution in [0.3, 0.4) is 0 Å². The number of fused-ring (bicyclic) bond motifs is 1. The lowest BCUT2D eigenvalue weighted by atomic mass is 10.1. The standard InChI is InChI=1S/C14H17N3O2/c1-17(14(18)10-4-5-15-9-10)11-2-3-13-12(8-11)16-6-7-19-13/h2-3,6-8,10,15-16H,4-5,9H2,1H3. The molecule has 0 aromatic heterocycles. The molecule has 1 atom stereocenters. The molecule has 1 amide bonds. The minimum absolute atomic E-state index is 0.0881. The summed E-state index contributed by atoms with van der Waals surface area (Å²) < 4.78 is 5.36. The van der Waals surface area contributed by atoms with Crippen molar-refractivity contribution in [2.45, 2.75) is 6.42 Å². The Bertz CT molecular complexity index is 521. The Labute approximate surface area is 112 Å². The van der Waals surface area contributed by atoms with Crippen LogP contribution in [0.4, 0.5) is 11.4 Å². The van der Waals surface area contributed by atoms with Crippen molar-refractivity contribution in [3.8, 4) is 5.75 Å². The molecule has 0 bridgehead atoms. The Balaban J connectivity index is 1.80. The van der Waals surface area contributed by atoms with Gasteiger partial charge in [0.25, 0.3) is 0 Å². The summed E-state index contributed by atoms with van der Waals surface area (Å²) in [5, 5.41) is 6.33. The highest BCUT2D eigenvalue weighted by atomic mass is 16.5. The largest absolute Gasteiger partial charge is 0.461 e. The van der Waals surface area contributed by atoms with Gasteiger partial charge in [0.1, 0.15) is 12.0 Å². The molecule has 0 saturated carbocycles. The molecule has 2 heterocycles. The van der Waals surface area contributed by atoms with Gasteiger partial charge in [-0.25, -0.2) is 0 Å². The molecular formula is C14H17N3O2. The van der Waals surface area contributed by atoms with E-state index in [4.69, 9.17) is 4.74 Å². The summed E-state index contributed by atoms with van der Waals surface area (Å²) in [6, 6.07) is 5.71. The van der Waals surface area contributed by atoms with Crippen LogP contribution in [-0.4, -0.2) is 26.0 Å². The van der Waals surface area contributed by atoms with Crippen LogP contribution >= 0.6 is 0 Å². The molecule has 19 heavy (non-hydrogen) atoms. The quantitative estimate of drug-likeness (QED) is 0.846. The number of rotatable bonds is 2. The summed E-state index contributed by atoms with van der Waals surface area (Å²) in [5.41, 5.74) is 1.76. The Morgan fingerprint density at radius 3 is 3.16 bits per heavy atom. The van der Waals surface area contributed by atoms with E-state index in [0.29, 0.717) is 0 Å². The molecule has 5 heteroatoms. The third-order valence-corrected chi connectivity index (χ3v) is 3.59. The molecule has 3 rings (SSSR count). The first-order valence-electron chi connectivity index (χ1n) is 6.46. The van der Waals surface area contributed by atoms with Crippen molar-refractivity contribution in [3.63, 3.8) is 0 Å². The monoisotopic (exact) mass is 259 g/mol. The topological polar surface area (TPSA) is 53.6 Å². The lowest BCUT2D eigenvalue weighted by molar-refractivity contribution is -0.121. The Hall–Kier alpha value is -2.01. The van der Waals surface area contributed by atoms with Crippen LogP contribution in [-0.2, 0) is 4.79 Å². The normalized spacial score (nSPS) is 20.4. The Kier molecular flexibility index (Phi) is 3.13. The predicted molar refractivity (Wildman–Crippen MR) is 74.2 cm³/mol. The van der Waals surface area contributed by atoms with Crippen LogP contribution in [0.1, 0.15) is 6.42 Å². The van der Waals surface area contributed by atoms with Crippen molar-refractivity contribution < 1.29 is 9.53 Å². The second-order valence-corrected chi connectivity index (χ2v) is 4.83. The number of hydrogen-bond acceptors (Lipinski definition) is 4. The number of ether oxygens (including phenoxy) is 1. The Morgan fingerprint density at radius 1 is 1.47 bits per heavy atom. The fourth-order valence-corrected chi connectivity index (χ4v) is 2.44. The van der Waals surface area contributed by atoms with E-state index < -0.39 is 0 Å². The van der Waals surface area contributed by atoms with E-state index >= 15 is 0 Å². The highest BCUT2D eigenvalue weighted by Gasteiger charge is 2.26. The van der Waals surface area contributed by atoms with Crippen molar-refractivity contribution in [2.75, 3.05) is 30.4 Å². The third-order valence-electron chi connectivity index (χ3n) is 3.59. The highest BCUT2D eigenvalue weighted by molar-refractivity contribution is 5.95. The van der Waals surface area contributed by atoms with Gasteiger partial charge in [-0.05, 0) is 31.2 Å². The first kappa shape index (κ1) is 12.0. The molecule has 2 aliphatic rings. The number of anilines is 2. The Morgan fingerprint density at radius 2 is 2.37 bits per heavy atom. The van der Waals surface area contributed by atoms with E-state index in [1.165, 1.54) is 0 Å². The molecule has 1 aromatic rings. The fourth-order valence-electron chi connectivity index (χ4n) is 2.44. The molecule has 1 fully saturated rings. The molecule has 2 aliphatic heterocycles. The van der Waals surface area contributed by atoms with Gasteiger partial charge in [-0.1, -0.05) is 0 Å². The van der Waals surface area contributed by atoms with Gasteiger partial charge in [0.15, 0.2) is 0 Å². The van der Waals surface area contributed by atoms with Crippen LogP contribution in [0.15, 0.2) is 30.7 Å². The van der Waals surface area contributed by atoms with Crippen LogP contribution in [0.25, 0.3) is 0 Å². The fraction of sp³-hybridized carbons (Fsp3) is 0.357. The summed E-state index contributed by atoms with van der Waals surface area (Å²) in [7, 11) is 1.82. The molecular weight excluding hydrogens is 242 g/mol. The zero-order valence-electron chi connectivity index (χ0n) is 10.8. The van der Waals surface area contributed by atoms with Crippen LogP contribution in [0.2, 0.25) is 0 Å². The van der Waals surface area contributed by atoms with Gasteiger partial charge in [-0.2, -0.15) is 0 Å². The lowest BCUT2D eigenvalue weighted by Gasteiger charge is -2.22. The third kappa shape index (κ3) is 2.29. The smallest absolute Gasteiger partial charge is 0.231 e. The lowest BCUT2D eigenvalue weighted by Crippen LogP contribution is -2.33. The number of amides is 1. The van der Waals surface area contributed by atoms with Gasteiger partial charge in [0.2, 0.25) is 5.91 Å².